The normalized spacial score (nSPS) is 14.6. The van der Waals surface area contributed by atoms with Gasteiger partial charge in [-0.15, -0.1) is 0 Å². The van der Waals surface area contributed by atoms with Gasteiger partial charge in [-0.05, 0) is 12.3 Å². The minimum Gasteiger partial charge on any atom is -0.549 e. The molecule has 0 heterocycles. The van der Waals surface area contributed by atoms with Crippen molar-refractivity contribution < 1.29 is 24.3 Å². The third kappa shape index (κ3) is 6.26. The molecule has 5 nitrogen and oxygen atoms in total. The zero-order valence-electron chi connectivity index (χ0n) is 11.9. The molecule has 0 aliphatic heterocycles. The van der Waals surface area contributed by atoms with Gasteiger partial charge in [0, 0.05) is 0 Å². The van der Waals surface area contributed by atoms with Crippen LogP contribution in [0, 0.1) is 11.3 Å². The summed E-state index contributed by atoms with van der Waals surface area (Å²) in [5, 5.41) is 19.4. The Balaban J connectivity index is 0. The molecular formula is C12H25NO4. The second-order valence-electron chi connectivity index (χ2n) is 5.76. The molecule has 0 aromatic heterocycles. The van der Waals surface area contributed by atoms with E-state index in [-0.39, 0.29) is 6.42 Å². The van der Waals surface area contributed by atoms with Crippen LogP contribution in [0.2, 0.25) is 0 Å². The van der Waals surface area contributed by atoms with Crippen LogP contribution in [0.25, 0.3) is 0 Å². The first-order valence-corrected chi connectivity index (χ1v) is 5.63. The molecule has 0 aliphatic carbocycles. The number of quaternary nitrogens is 1. The van der Waals surface area contributed by atoms with Crippen molar-refractivity contribution in [1.29, 1.82) is 0 Å². The van der Waals surface area contributed by atoms with Crippen molar-refractivity contribution in [1.82, 2.24) is 0 Å². The number of rotatable bonds is 4. The van der Waals surface area contributed by atoms with Gasteiger partial charge in [-0.3, -0.25) is 4.79 Å². The van der Waals surface area contributed by atoms with E-state index in [0.29, 0.717) is 0 Å². The van der Waals surface area contributed by atoms with Gasteiger partial charge >= 0.3 is 5.97 Å². The van der Waals surface area contributed by atoms with E-state index >= 15 is 0 Å². The second-order valence-corrected chi connectivity index (χ2v) is 5.76. The molecule has 17 heavy (non-hydrogen) atoms. The highest BCUT2D eigenvalue weighted by Gasteiger charge is 2.41. The van der Waals surface area contributed by atoms with Crippen LogP contribution in [0.5, 0.6) is 0 Å². The highest BCUT2D eigenvalue weighted by molar-refractivity contribution is 5.97. The Labute approximate surface area is 104 Å². The standard InChI is InChI=1S/C8H14O4.C4H12N/c1-4-8(5(2)3,6(9)10)7(11)12;1-5(2,3)4/h5H,4H2,1-3H3,(H,9,10)(H,11,12);1-4H3/q;+1/p-1. The van der Waals surface area contributed by atoms with Gasteiger partial charge in [-0.2, -0.15) is 0 Å². The Bertz CT molecular complexity index is 246. The maximum absolute atomic E-state index is 10.7. The molecule has 0 radical (unpaired) electrons. The average Bonchev–Trinajstić information content (AvgIpc) is 1.99. The van der Waals surface area contributed by atoms with Crippen LogP contribution in [0.15, 0.2) is 0 Å². The largest absolute Gasteiger partial charge is 0.549 e. The van der Waals surface area contributed by atoms with E-state index in [1.54, 1.807) is 13.8 Å². The predicted molar refractivity (Wildman–Crippen MR) is 64.2 cm³/mol. The molecule has 1 atom stereocenters. The van der Waals surface area contributed by atoms with Gasteiger partial charge in [0.1, 0.15) is 5.41 Å². The van der Waals surface area contributed by atoms with Crippen LogP contribution >= 0.6 is 0 Å². The van der Waals surface area contributed by atoms with Crippen molar-refractivity contribution >= 4 is 11.9 Å². The van der Waals surface area contributed by atoms with Gasteiger partial charge in [0.05, 0.1) is 34.2 Å². The van der Waals surface area contributed by atoms with Crippen LogP contribution in [0.3, 0.4) is 0 Å². The first kappa shape index (κ1) is 18.3. The Hall–Kier alpha value is -1.10. The predicted octanol–water partition coefficient (Wildman–Crippen LogP) is 0.196. The number of carbonyl (C=O) groups is 2. The SMILES string of the molecule is CCC(C(=O)[O-])(C(=O)O)C(C)C.C[N+](C)(C)C. The van der Waals surface area contributed by atoms with Gasteiger partial charge in [-0.25, -0.2) is 0 Å². The van der Waals surface area contributed by atoms with E-state index in [9.17, 15) is 14.7 Å². The van der Waals surface area contributed by atoms with Crippen molar-refractivity contribution in [3.63, 3.8) is 0 Å². The molecule has 0 saturated carbocycles. The van der Waals surface area contributed by atoms with Gasteiger partial charge in [0.15, 0.2) is 0 Å². The van der Waals surface area contributed by atoms with Crippen molar-refractivity contribution in [3.05, 3.63) is 0 Å². The quantitative estimate of drug-likeness (QED) is 0.568. The van der Waals surface area contributed by atoms with Crippen molar-refractivity contribution in [2.45, 2.75) is 27.2 Å². The van der Waals surface area contributed by atoms with E-state index < -0.39 is 23.3 Å². The van der Waals surface area contributed by atoms with E-state index in [4.69, 9.17) is 5.11 Å². The Morgan fingerprint density at radius 1 is 1.24 bits per heavy atom. The lowest BCUT2D eigenvalue weighted by Gasteiger charge is -2.32. The molecule has 1 unspecified atom stereocenters. The third-order valence-corrected chi connectivity index (χ3v) is 2.29. The van der Waals surface area contributed by atoms with Crippen LogP contribution in [0.1, 0.15) is 27.2 Å². The maximum Gasteiger partial charge on any atom is 0.315 e. The number of hydrogen-bond donors (Lipinski definition) is 1. The molecule has 0 saturated heterocycles. The van der Waals surface area contributed by atoms with Gasteiger partial charge in [0.2, 0.25) is 0 Å². The van der Waals surface area contributed by atoms with Crippen molar-refractivity contribution in [2.24, 2.45) is 11.3 Å². The first-order valence-electron chi connectivity index (χ1n) is 5.63. The maximum atomic E-state index is 10.7. The summed E-state index contributed by atoms with van der Waals surface area (Å²) in [5.41, 5.74) is -1.74. The fourth-order valence-corrected chi connectivity index (χ4v) is 1.27. The molecule has 0 spiro atoms. The average molecular weight is 247 g/mol. The molecule has 0 aliphatic rings. The molecular weight excluding hydrogens is 222 g/mol. The zero-order valence-corrected chi connectivity index (χ0v) is 11.9. The van der Waals surface area contributed by atoms with E-state index in [1.807, 2.05) is 0 Å². The molecule has 0 aromatic rings. The molecule has 0 bridgehead atoms. The summed E-state index contributed by atoms with van der Waals surface area (Å²) in [6, 6.07) is 0. The topological polar surface area (TPSA) is 77.4 Å². The molecule has 0 rings (SSSR count). The summed E-state index contributed by atoms with van der Waals surface area (Å²) in [5.74, 6) is -3.29. The fourth-order valence-electron chi connectivity index (χ4n) is 1.27. The van der Waals surface area contributed by atoms with E-state index in [2.05, 4.69) is 28.2 Å². The summed E-state index contributed by atoms with van der Waals surface area (Å²) in [7, 11) is 8.50. The smallest absolute Gasteiger partial charge is 0.315 e. The number of carbonyl (C=O) groups excluding carboxylic acids is 1. The lowest BCUT2D eigenvalue weighted by Crippen LogP contribution is -2.50. The Kier molecular flexibility index (Phi) is 7.08. The van der Waals surface area contributed by atoms with Crippen LogP contribution in [0.4, 0.5) is 0 Å². The molecule has 102 valence electrons. The first-order chi connectivity index (χ1) is 7.39. The van der Waals surface area contributed by atoms with E-state index in [1.165, 1.54) is 6.92 Å². The monoisotopic (exact) mass is 247 g/mol. The van der Waals surface area contributed by atoms with Gasteiger partial charge < -0.3 is 19.5 Å². The van der Waals surface area contributed by atoms with Crippen molar-refractivity contribution in [2.75, 3.05) is 28.2 Å². The number of hydrogen-bond acceptors (Lipinski definition) is 3. The summed E-state index contributed by atoms with van der Waals surface area (Å²) >= 11 is 0. The lowest BCUT2D eigenvalue weighted by atomic mass is 9.75. The van der Waals surface area contributed by atoms with Crippen LogP contribution < -0.4 is 5.11 Å². The minimum atomic E-state index is -1.74. The van der Waals surface area contributed by atoms with Crippen molar-refractivity contribution in [3.8, 4) is 0 Å². The summed E-state index contributed by atoms with van der Waals surface area (Å²) in [6.07, 6.45) is 0.0440. The molecule has 0 amide bonds. The number of aliphatic carboxylic acids is 2. The van der Waals surface area contributed by atoms with Gasteiger partial charge in [0.25, 0.3) is 0 Å². The Morgan fingerprint density at radius 3 is 1.53 bits per heavy atom. The summed E-state index contributed by atoms with van der Waals surface area (Å²) in [6.45, 7) is 4.66. The molecule has 1 N–H and O–H groups in total. The number of carboxylic acids is 2. The molecule has 0 aromatic carbocycles. The highest BCUT2D eigenvalue weighted by Crippen LogP contribution is 2.30. The Morgan fingerprint density at radius 2 is 1.53 bits per heavy atom. The molecule has 5 heteroatoms. The summed E-state index contributed by atoms with van der Waals surface area (Å²) < 4.78 is 1.00. The minimum absolute atomic E-state index is 0.0440. The van der Waals surface area contributed by atoms with E-state index in [0.717, 1.165) is 4.48 Å². The third-order valence-electron chi connectivity index (χ3n) is 2.29. The lowest BCUT2D eigenvalue weighted by molar-refractivity contribution is -0.849. The molecule has 0 fully saturated rings. The zero-order chi connectivity index (χ0) is 14.4. The summed E-state index contributed by atoms with van der Waals surface area (Å²) in [4.78, 5) is 21.4. The highest BCUT2D eigenvalue weighted by atomic mass is 16.4. The second kappa shape index (κ2) is 6.59. The number of carboxylic acid groups (broad SMARTS) is 2. The fraction of sp³-hybridized carbons (Fsp3) is 0.833. The van der Waals surface area contributed by atoms with Crippen LogP contribution in [-0.2, 0) is 9.59 Å². The van der Waals surface area contributed by atoms with Crippen LogP contribution in [-0.4, -0.2) is 49.7 Å². The van der Waals surface area contributed by atoms with Gasteiger partial charge in [-0.1, -0.05) is 20.8 Å². The number of nitrogens with zero attached hydrogens (tertiary/aromatic N) is 1.